The Morgan fingerprint density at radius 1 is 0.889 bits per heavy atom. The van der Waals surface area contributed by atoms with Gasteiger partial charge in [0.05, 0.1) is 0 Å². The van der Waals surface area contributed by atoms with Crippen molar-refractivity contribution in [2.24, 2.45) is 0 Å². The molecule has 2 rings (SSSR count). The normalized spacial score (nSPS) is 11.3. The van der Waals surface area contributed by atoms with Crippen LogP contribution in [0.15, 0.2) is 48.5 Å². The predicted molar refractivity (Wildman–Crippen MR) is 79.3 cm³/mol. The van der Waals surface area contributed by atoms with Crippen LogP contribution < -0.4 is 11.1 Å². The number of anilines is 3. The smallest absolute Gasteiger partial charge is 0.0422 e. The van der Waals surface area contributed by atoms with E-state index in [1.807, 2.05) is 24.3 Å². The molecule has 0 spiro atoms. The zero-order valence-electron chi connectivity index (χ0n) is 11.2. The number of nitrogens with one attached hydrogen (secondary N) is 1. The number of nitrogens with two attached hydrogens (primary N) is 1. The topological polar surface area (TPSA) is 38.0 Å². The van der Waals surface area contributed by atoms with Gasteiger partial charge >= 0.3 is 0 Å². The van der Waals surface area contributed by atoms with Crippen molar-refractivity contribution in [3.05, 3.63) is 54.1 Å². The van der Waals surface area contributed by atoms with Crippen molar-refractivity contribution in [2.75, 3.05) is 11.1 Å². The average molecular weight is 240 g/mol. The largest absolute Gasteiger partial charge is 0.399 e. The van der Waals surface area contributed by atoms with Crippen LogP contribution in [0.2, 0.25) is 0 Å². The van der Waals surface area contributed by atoms with Crippen LogP contribution in [0.5, 0.6) is 0 Å². The van der Waals surface area contributed by atoms with Crippen LogP contribution in [-0.4, -0.2) is 0 Å². The van der Waals surface area contributed by atoms with E-state index >= 15 is 0 Å². The third kappa shape index (κ3) is 2.83. The van der Waals surface area contributed by atoms with Crippen molar-refractivity contribution in [3.63, 3.8) is 0 Å². The van der Waals surface area contributed by atoms with Gasteiger partial charge < -0.3 is 11.1 Å². The highest BCUT2D eigenvalue weighted by atomic mass is 14.9. The van der Waals surface area contributed by atoms with Gasteiger partial charge in [-0.1, -0.05) is 39.0 Å². The molecule has 2 aromatic rings. The summed E-state index contributed by atoms with van der Waals surface area (Å²) in [6.45, 7) is 6.66. The lowest BCUT2D eigenvalue weighted by Crippen LogP contribution is -2.13. The van der Waals surface area contributed by atoms with Crippen molar-refractivity contribution >= 4 is 17.1 Å². The summed E-state index contributed by atoms with van der Waals surface area (Å²) in [5.41, 5.74) is 10.1. The Bertz CT molecular complexity index is 522. The highest BCUT2D eigenvalue weighted by molar-refractivity contribution is 5.65. The maximum atomic E-state index is 5.69. The third-order valence-corrected chi connectivity index (χ3v) is 2.92. The molecule has 18 heavy (non-hydrogen) atoms. The van der Waals surface area contributed by atoms with Crippen LogP contribution in [0.4, 0.5) is 17.1 Å². The first-order valence-electron chi connectivity index (χ1n) is 6.19. The van der Waals surface area contributed by atoms with Gasteiger partial charge in [-0.2, -0.15) is 0 Å². The van der Waals surface area contributed by atoms with E-state index in [4.69, 9.17) is 5.73 Å². The molecular formula is C16H20N2. The molecule has 0 bridgehead atoms. The molecule has 0 saturated heterocycles. The molecule has 0 unspecified atom stereocenters. The highest BCUT2D eigenvalue weighted by Gasteiger charge is 2.17. The Morgan fingerprint density at radius 2 is 1.50 bits per heavy atom. The lowest BCUT2D eigenvalue weighted by atomic mass is 9.86. The molecule has 2 heteroatoms. The minimum absolute atomic E-state index is 0.122. The van der Waals surface area contributed by atoms with Gasteiger partial charge in [0.15, 0.2) is 0 Å². The number of para-hydroxylation sites is 1. The number of nitrogen functional groups attached to an aromatic ring is 1. The Morgan fingerprint density at radius 3 is 2.11 bits per heavy atom. The molecule has 0 aliphatic heterocycles. The van der Waals surface area contributed by atoms with Crippen LogP contribution in [-0.2, 0) is 5.41 Å². The van der Waals surface area contributed by atoms with E-state index in [-0.39, 0.29) is 5.41 Å². The van der Waals surface area contributed by atoms with Crippen LogP contribution in [0.1, 0.15) is 26.3 Å². The van der Waals surface area contributed by atoms with E-state index in [0.717, 1.165) is 17.1 Å². The SMILES string of the molecule is CC(C)(C)c1ccccc1Nc1ccc(N)cc1. The van der Waals surface area contributed by atoms with Gasteiger partial charge in [0, 0.05) is 17.1 Å². The molecule has 2 nitrogen and oxygen atoms in total. The molecule has 0 aliphatic carbocycles. The lowest BCUT2D eigenvalue weighted by molar-refractivity contribution is 0.592. The minimum Gasteiger partial charge on any atom is -0.399 e. The summed E-state index contributed by atoms with van der Waals surface area (Å²) in [6, 6.07) is 16.2. The first-order chi connectivity index (χ1) is 8.47. The quantitative estimate of drug-likeness (QED) is 0.768. The summed E-state index contributed by atoms with van der Waals surface area (Å²) in [4.78, 5) is 0. The molecule has 3 N–H and O–H groups in total. The van der Waals surface area contributed by atoms with Crippen molar-refractivity contribution in [2.45, 2.75) is 26.2 Å². The van der Waals surface area contributed by atoms with Gasteiger partial charge in [0.2, 0.25) is 0 Å². The monoisotopic (exact) mass is 240 g/mol. The fourth-order valence-corrected chi connectivity index (χ4v) is 1.97. The van der Waals surface area contributed by atoms with Gasteiger partial charge in [-0.3, -0.25) is 0 Å². The second-order valence-electron chi connectivity index (χ2n) is 5.54. The number of benzene rings is 2. The van der Waals surface area contributed by atoms with Gasteiger partial charge in [-0.15, -0.1) is 0 Å². The molecular weight excluding hydrogens is 220 g/mol. The van der Waals surface area contributed by atoms with Crippen molar-refractivity contribution < 1.29 is 0 Å². The van der Waals surface area contributed by atoms with Gasteiger partial charge in [-0.25, -0.2) is 0 Å². The zero-order valence-corrected chi connectivity index (χ0v) is 11.2. The lowest BCUT2D eigenvalue weighted by Gasteiger charge is -2.23. The molecule has 0 atom stereocenters. The number of hydrogen-bond acceptors (Lipinski definition) is 2. The summed E-state index contributed by atoms with van der Waals surface area (Å²) in [7, 11) is 0. The Hall–Kier alpha value is -1.96. The highest BCUT2D eigenvalue weighted by Crippen LogP contribution is 2.31. The molecule has 0 heterocycles. The van der Waals surface area contributed by atoms with Crippen LogP contribution in [0.25, 0.3) is 0 Å². The summed E-state index contributed by atoms with van der Waals surface area (Å²) in [5.74, 6) is 0. The van der Waals surface area contributed by atoms with Gasteiger partial charge in [0.25, 0.3) is 0 Å². The molecule has 0 saturated carbocycles. The van der Waals surface area contributed by atoms with Crippen molar-refractivity contribution in [1.29, 1.82) is 0 Å². The van der Waals surface area contributed by atoms with E-state index in [2.05, 4.69) is 50.4 Å². The van der Waals surface area contributed by atoms with Gasteiger partial charge in [0.1, 0.15) is 0 Å². The van der Waals surface area contributed by atoms with Crippen LogP contribution in [0, 0.1) is 0 Å². The third-order valence-electron chi connectivity index (χ3n) is 2.92. The van der Waals surface area contributed by atoms with Crippen LogP contribution in [0.3, 0.4) is 0 Å². The van der Waals surface area contributed by atoms with E-state index in [1.54, 1.807) is 0 Å². The van der Waals surface area contributed by atoms with Crippen molar-refractivity contribution in [3.8, 4) is 0 Å². The molecule has 0 aromatic heterocycles. The summed E-state index contributed by atoms with van der Waals surface area (Å²) < 4.78 is 0. The first kappa shape index (κ1) is 12.5. The summed E-state index contributed by atoms with van der Waals surface area (Å²) in [6.07, 6.45) is 0. The summed E-state index contributed by atoms with van der Waals surface area (Å²) >= 11 is 0. The summed E-state index contributed by atoms with van der Waals surface area (Å²) in [5, 5.41) is 3.45. The van der Waals surface area contributed by atoms with Crippen molar-refractivity contribution in [1.82, 2.24) is 0 Å². The maximum Gasteiger partial charge on any atom is 0.0422 e. The molecule has 0 amide bonds. The number of hydrogen-bond donors (Lipinski definition) is 2. The first-order valence-corrected chi connectivity index (χ1v) is 6.19. The second-order valence-corrected chi connectivity index (χ2v) is 5.54. The van der Waals surface area contributed by atoms with E-state index in [1.165, 1.54) is 5.56 Å². The van der Waals surface area contributed by atoms with Gasteiger partial charge in [-0.05, 0) is 41.3 Å². The Kier molecular flexibility index (Phi) is 3.28. The minimum atomic E-state index is 0.122. The molecule has 0 aliphatic rings. The fourth-order valence-electron chi connectivity index (χ4n) is 1.97. The molecule has 0 fully saturated rings. The average Bonchev–Trinajstić information content (AvgIpc) is 2.31. The van der Waals surface area contributed by atoms with E-state index in [9.17, 15) is 0 Å². The number of rotatable bonds is 2. The van der Waals surface area contributed by atoms with E-state index < -0.39 is 0 Å². The molecule has 0 radical (unpaired) electrons. The fraction of sp³-hybridized carbons (Fsp3) is 0.250. The van der Waals surface area contributed by atoms with E-state index in [0.29, 0.717) is 0 Å². The Balaban J connectivity index is 2.32. The second kappa shape index (κ2) is 4.73. The van der Waals surface area contributed by atoms with Crippen LogP contribution >= 0.6 is 0 Å². The predicted octanol–water partition coefficient (Wildman–Crippen LogP) is 4.31. The standard InChI is InChI=1S/C16H20N2/c1-16(2,3)14-6-4-5-7-15(14)18-13-10-8-12(17)9-11-13/h4-11,18H,17H2,1-3H3. The maximum absolute atomic E-state index is 5.69. The zero-order chi connectivity index (χ0) is 13.2. The molecule has 2 aromatic carbocycles. The molecule has 94 valence electrons. The Labute approximate surface area is 109 Å².